The van der Waals surface area contributed by atoms with Gasteiger partial charge in [0.25, 0.3) is 5.91 Å². The Kier molecular flexibility index (Phi) is 5.55. The molecule has 1 atom stereocenters. The maximum absolute atomic E-state index is 12.8. The largest absolute Gasteiger partial charge is 0.433 e. The number of carbonyl (C=O) groups excluding carboxylic acids is 1. The molecule has 0 saturated carbocycles. The van der Waals surface area contributed by atoms with Crippen LogP contribution in [0.5, 0.6) is 0 Å². The third kappa shape index (κ3) is 4.78. The highest BCUT2D eigenvalue weighted by atomic mass is 19.4. The zero-order valence-corrected chi connectivity index (χ0v) is 15.2. The van der Waals surface area contributed by atoms with Gasteiger partial charge in [0, 0.05) is 23.4 Å². The van der Waals surface area contributed by atoms with Crippen molar-refractivity contribution in [2.24, 2.45) is 0 Å². The summed E-state index contributed by atoms with van der Waals surface area (Å²) in [5.41, 5.74) is -2.10. The van der Waals surface area contributed by atoms with Crippen LogP contribution >= 0.6 is 0 Å². The SMILES string of the molecule is CC(NC(=O)c1cccc(C(F)(F)F)c1)c1cc(-c2ccnc(C(F)(F)F)c2)no1. The molecule has 0 saturated heterocycles. The minimum atomic E-state index is -4.63. The van der Waals surface area contributed by atoms with Crippen molar-refractivity contribution in [2.45, 2.75) is 25.3 Å². The van der Waals surface area contributed by atoms with Crippen molar-refractivity contribution >= 4 is 5.91 Å². The van der Waals surface area contributed by atoms with E-state index in [0.717, 1.165) is 24.4 Å². The Hall–Kier alpha value is -3.37. The fourth-order valence-electron chi connectivity index (χ4n) is 2.56. The zero-order valence-electron chi connectivity index (χ0n) is 15.2. The van der Waals surface area contributed by atoms with Gasteiger partial charge >= 0.3 is 12.4 Å². The van der Waals surface area contributed by atoms with Crippen LogP contribution < -0.4 is 5.32 Å². The van der Waals surface area contributed by atoms with Crippen LogP contribution in [-0.2, 0) is 12.4 Å². The molecular formula is C19H13F6N3O2. The highest BCUT2D eigenvalue weighted by Gasteiger charge is 2.33. The van der Waals surface area contributed by atoms with Gasteiger partial charge in [-0.2, -0.15) is 26.3 Å². The second kappa shape index (κ2) is 7.81. The smallest absolute Gasteiger partial charge is 0.359 e. The lowest BCUT2D eigenvalue weighted by Gasteiger charge is -2.12. The normalized spacial score (nSPS) is 13.2. The number of carbonyl (C=O) groups is 1. The maximum atomic E-state index is 12.8. The van der Waals surface area contributed by atoms with Crippen LogP contribution in [0.25, 0.3) is 11.3 Å². The van der Waals surface area contributed by atoms with Crippen molar-refractivity contribution in [3.05, 3.63) is 71.2 Å². The lowest BCUT2D eigenvalue weighted by molar-refractivity contribution is -0.141. The second-order valence-corrected chi connectivity index (χ2v) is 6.32. The molecule has 0 fully saturated rings. The number of amides is 1. The number of hydrogen-bond acceptors (Lipinski definition) is 4. The molecule has 3 rings (SSSR count). The van der Waals surface area contributed by atoms with Gasteiger partial charge in [-0.3, -0.25) is 9.78 Å². The number of benzene rings is 1. The predicted molar refractivity (Wildman–Crippen MR) is 92.1 cm³/mol. The fraction of sp³-hybridized carbons (Fsp3) is 0.211. The molecule has 30 heavy (non-hydrogen) atoms. The van der Waals surface area contributed by atoms with Gasteiger partial charge in [0.1, 0.15) is 11.4 Å². The molecule has 0 aliphatic heterocycles. The monoisotopic (exact) mass is 429 g/mol. The molecular weight excluding hydrogens is 416 g/mol. The topological polar surface area (TPSA) is 68.0 Å². The Bertz CT molecular complexity index is 1060. The van der Waals surface area contributed by atoms with Crippen molar-refractivity contribution in [3.63, 3.8) is 0 Å². The van der Waals surface area contributed by atoms with Gasteiger partial charge < -0.3 is 9.84 Å². The van der Waals surface area contributed by atoms with Crippen molar-refractivity contribution in [1.29, 1.82) is 0 Å². The summed E-state index contributed by atoms with van der Waals surface area (Å²) in [6.07, 6.45) is -8.25. The van der Waals surface area contributed by atoms with Gasteiger partial charge in [-0.15, -0.1) is 0 Å². The van der Waals surface area contributed by atoms with Crippen LogP contribution in [0, 0.1) is 0 Å². The van der Waals surface area contributed by atoms with Crippen molar-refractivity contribution in [1.82, 2.24) is 15.5 Å². The first-order chi connectivity index (χ1) is 13.9. The Labute approximate surface area is 165 Å². The number of alkyl halides is 6. The quantitative estimate of drug-likeness (QED) is 0.574. The van der Waals surface area contributed by atoms with Crippen LogP contribution in [0.3, 0.4) is 0 Å². The number of rotatable bonds is 4. The van der Waals surface area contributed by atoms with Crippen LogP contribution in [0.4, 0.5) is 26.3 Å². The summed E-state index contributed by atoms with van der Waals surface area (Å²) in [7, 11) is 0. The third-order valence-corrected chi connectivity index (χ3v) is 4.10. The van der Waals surface area contributed by atoms with E-state index in [4.69, 9.17) is 4.52 Å². The molecule has 0 bridgehead atoms. The van der Waals surface area contributed by atoms with E-state index in [1.54, 1.807) is 0 Å². The van der Waals surface area contributed by atoms with Crippen LogP contribution in [0.2, 0.25) is 0 Å². The van der Waals surface area contributed by atoms with E-state index < -0.39 is 35.6 Å². The first-order valence-electron chi connectivity index (χ1n) is 8.43. The van der Waals surface area contributed by atoms with E-state index in [0.29, 0.717) is 6.07 Å². The number of nitrogens with one attached hydrogen (secondary N) is 1. The molecule has 11 heteroatoms. The molecule has 1 unspecified atom stereocenters. The average molecular weight is 429 g/mol. The summed E-state index contributed by atoms with van der Waals surface area (Å²) in [5.74, 6) is -0.675. The maximum Gasteiger partial charge on any atom is 0.433 e. The number of hydrogen-bond donors (Lipinski definition) is 1. The summed E-state index contributed by atoms with van der Waals surface area (Å²) < 4.78 is 81.9. The predicted octanol–water partition coefficient (Wildman–Crippen LogP) is 5.27. The van der Waals surface area contributed by atoms with E-state index in [1.165, 1.54) is 25.1 Å². The van der Waals surface area contributed by atoms with Crippen molar-refractivity contribution in [2.75, 3.05) is 0 Å². The highest BCUT2D eigenvalue weighted by molar-refractivity contribution is 5.94. The molecule has 1 aromatic carbocycles. The Morgan fingerprint density at radius 2 is 1.77 bits per heavy atom. The molecule has 2 aromatic heterocycles. The molecule has 5 nitrogen and oxygen atoms in total. The minimum Gasteiger partial charge on any atom is -0.359 e. The molecule has 0 radical (unpaired) electrons. The first kappa shape index (κ1) is 21.3. The lowest BCUT2D eigenvalue weighted by atomic mass is 10.1. The zero-order chi connectivity index (χ0) is 22.1. The molecule has 158 valence electrons. The lowest BCUT2D eigenvalue weighted by Crippen LogP contribution is -2.26. The van der Waals surface area contributed by atoms with Gasteiger partial charge in [0.05, 0.1) is 11.6 Å². The Morgan fingerprint density at radius 1 is 1.03 bits per heavy atom. The number of pyridine rings is 1. The van der Waals surface area contributed by atoms with E-state index in [1.807, 2.05) is 0 Å². The van der Waals surface area contributed by atoms with E-state index in [2.05, 4.69) is 15.5 Å². The molecule has 1 amide bonds. The fourth-order valence-corrected chi connectivity index (χ4v) is 2.56. The minimum absolute atomic E-state index is 0.0815. The summed E-state index contributed by atoms with van der Waals surface area (Å²) in [6.45, 7) is 1.49. The third-order valence-electron chi connectivity index (χ3n) is 4.10. The van der Waals surface area contributed by atoms with Gasteiger partial charge in [-0.1, -0.05) is 11.2 Å². The summed E-state index contributed by atoms with van der Waals surface area (Å²) >= 11 is 0. The van der Waals surface area contributed by atoms with Gasteiger partial charge in [-0.05, 0) is 37.3 Å². The molecule has 2 heterocycles. The summed E-state index contributed by atoms with van der Waals surface area (Å²) in [5, 5.41) is 6.15. The van der Waals surface area contributed by atoms with Crippen LogP contribution in [0.15, 0.2) is 53.2 Å². The standard InChI is InChI=1S/C19H13F6N3O2/c1-10(27-17(29)12-3-2-4-13(7-12)18(20,21)22)15-9-14(28-30-15)11-5-6-26-16(8-11)19(23,24)25/h2-10H,1H3,(H,27,29). The highest BCUT2D eigenvalue weighted by Crippen LogP contribution is 2.31. The molecule has 0 aliphatic rings. The molecule has 0 aliphatic carbocycles. The van der Waals surface area contributed by atoms with E-state index in [-0.39, 0.29) is 22.6 Å². The van der Waals surface area contributed by atoms with Gasteiger partial charge in [-0.25, -0.2) is 0 Å². The summed E-state index contributed by atoms with van der Waals surface area (Å²) in [6, 6.07) is 6.51. The Balaban J connectivity index is 1.76. The molecule has 1 N–H and O–H groups in total. The number of aromatic nitrogens is 2. The molecule has 0 spiro atoms. The van der Waals surface area contributed by atoms with Gasteiger partial charge in [0.15, 0.2) is 5.76 Å². The Morgan fingerprint density at radius 3 is 2.43 bits per heavy atom. The number of halogens is 6. The van der Waals surface area contributed by atoms with Crippen molar-refractivity contribution < 1.29 is 35.7 Å². The average Bonchev–Trinajstić information content (AvgIpc) is 3.17. The first-order valence-corrected chi connectivity index (χ1v) is 8.43. The van der Waals surface area contributed by atoms with Crippen LogP contribution in [-0.4, -0.2) is 16.0 Å². The van der Waals surface area contributed by atoms with Crippen molar-refractivity contribution in [3.8, 4) is 11.3 Å². The van der Waals surface area contributed by atoms with E-state index >= 15 is 0 Å². The van der Waals surface area contributed by atoms with Gasteiger partial charge in [0.2, 0.25) is 0 Å². The number of nitrogens with zero attached hydrogens (tertiary/aromatic N) is 2. The molecule has 3 aromatic rings. The van der Waals surface area contributed by atoms with E-state index in [9.17, 15) is 31.1 Å². The summed E-state index contributed by atoms with van der Waals surface area (Å²) in [4.78, 5) is 15.5. The second-order valence-electron chi connectivity index (χ2n) is 6.32. The van der Waals surface area contributed by atoms with Crippen LogP contribution in [0.1, 0.15) is 40.3 Å².